The average Bonchev–Trinajstić information content (AvgIpc) is 3.20. The lowest BCUT2D eigenvalue weighted by molar-refractivity contribution is 0.204. The summed E-state index contributed by atoms with van der Waals surface area (Å²) in [4.78, 5) is 2.61. The van der Waals surface area contributed by atoms with E-state index in [9.17, 15) is 0 Å². The van der Waals surface area contributed by atoms with E-state index < -0.39 is 0 Å². The number of hydrogen-bond donors (Lipinski definition) is 1. The molecule has 0 atom stereocenters. The van der Waals surface area contributed by atoms with E-state index >= 15 is 0 Å². The molecule has 0 radical (unpaired) electrons. The van der Waals surface area contributed by atoms with Crippen molar-refractivity contribution in [3.8, 4) is 0 Å². The zero-order chi connectivity index (χ0) is 15.5. The number of hydrogen-bond acceptors (Lipinski definition) is 2. The molecular weight excluding hydrogens is 256 g/mol. The Morgan fingerprint density at radius 2 is 1.67 bits per heavy atom. The number of nitrogens with one attached hydrogen (secondary N) is 1. The van der Waals surface area contributed by atoms with E-state index in [2.05, 4.69) is 69.1 Å². The minimum absolute atomic E-state index is 0.178. The first-order valence-electron chi connectivity index (χ1n) is 8.40. The van der Waals surface area contributed by atoms with Crippen LogP contribution in [-0.2, 0) is 13.1 Å². The quantitative estimate of drug-likeness (QED) is 0.809. The van der Waals surface area contributed by atoms with Crippen LogP contribution in [0.4, 0.5) is 0 Å². The Balaban J connectivity index is 1.88. The third kappa shape index (κ3) is 6.19. The van der Waals surface area contributed by atoms with Crippen molar-refractivity contribution in [3.05, 3.63) is 35.4 Å². The monoisotopic (exact) mass is 288 g/mol. The van der Waals surface area contributed by atoms with Crippen molar-refractivity contribution in [2.24, 2.45) is 5.92 Å². The molecule has 1 N–H and O–H groups in total. The van der Waals surface area contributed by atoms with Crippen molar-refractivity contribution in [1.82, 2.24) is 10.2 Å². The summed E-state index contributed by atoms with van der Waals surface area (Å²) in [6, 6.07) is 9.75. The predicted octanol–water partition coefficient (Wildman–Crippen LogP) is 4.20. The summed E-state index contributed by atoms with van der Waals surface area (Å²) in [7, 11) is 0. The summed E-state index contributed by atoms with van der Waals surface area (Å²) < 4.78 is 0. The van der Waals surface area contributed by atoms with Crippen LogP contribution in [0.15, 0.2) is 24.3 Å². The number of benzene rings is 1. The van der Waals surface area contributed by atoms with Gasteiger partial charge in [-0.2, -0.15) is 0 Å². The van der Waals surface area contributed by atoms with Gasteiger partial charge in [-0.25, -0.2) is 0 Å². The first-order valence-corrected chi connectivity index (χ1v) is 8.40. The van der Waals surface area contributed by atoms with Gasteiger partial charge in [0.05, 0.1) is 0 Å². The highest BCUT2D eigenvalue weighted by molar-refractivity contribution is 5.22. The van der Waals surface area contributed by atoms with Crippen LogP contribution < -0.4 is 5.32 Å². The van der Waals surface area contributed by atoms with Crippen molar-refractivity contribution >= 4 is 0 Å². The van der Waals surface area contributed by atoms with Gasteiger partial charge in [-0.05, 0) is 64.5 Å². The fourth-order valence-corrected chi connectivity index (χ4v) is 2.45. The Kier molecular flexibility index (Phi) is 5.45. The third-order valence-corrected chi connectivity index (χ3v) is 4.15. The van der Waals surface area contributed by atoms with E-state index in [4.69, 9.17) is 0 Å². The van der Waals surface area contributed by atoms with Crippen molar-refractivity contribution in [2.75, 3.05) is 6.54 Å². The smallest absolute Gasteiger partial charge is 0.0236 e. The van der Waals surface area contributed by atoms with Crippen molar-refractivity contribution in [1.29, 1.82) is 0 Å². The molecule has 0 amide bonds. The molecule has 0 aliphatic heterocycles. The fraction of sp³-hybridized carbons (Fsp3) is 0.684. The highest BCUT2D eigenvalue weighted by atomic mass is 15.1. The van der Waals surface area contributed by atoms with Gasteiger partial charge in [0, 0.05) is 31.2 Å². The van der Waals surface area contributed by atoms with Crippen LogP contribution in [0.5, 0.6) is 0 Å². The zero-order valence-corrected chi connectivity index (χ0v) is 14.4. The Morgan fingerprint density at radius 3 is 2.14 bits per heavy atom. The maximum absolute atomic E-state index is 3.54. The first kappa shape index (κ1) is 16.5. The molecule has 2 nitrogen and oxygen atoms in total. The SMILES string of the molecule is CC(C)N(Cc1ccc(CNC(C)(C)C)cc1)CC1CC1. The lowest BCUT2D eigenvalue weighted by Gasteiger charge is -2.26. The lowest BCUT2D eigenvalue weighted by atomic mass is 10.1. The summed E-state index contributed by atoms with van der Waals surface area (Å²) in [5.41, 5.74) is 2.98. The molecule has 0 unspecified atom stereocenters. The van der Waals surface area contributed by atoms with Gasteiger partial charge in [0.2, 0.25) is 0 Å². The van der Waals surface area contributed by atoms with Gasteiger partial charge in [0.1, 0.15) is 0 Å². The molecule has 1 aliphatic carbocycles. The molecule has 0 aromatic heterocycles. The van der Waals surface area contributed by atoms with Gasteiger partial charge < -0.3 is 5.32 Å². The summed E-state index contributed by atoms with van der Waals surface area (Å²) in [6.45, 7) is 14.5. The second kappa shape index (κ2) is 6.93. The molecule has 2 rings (SSSR count). The Bertz CT molecular complexity index is 424. The van der Waals surface area contributed by atoms with E-state index in [1.54, 1.807) is 0 Å². The van der Waals surface area contributed by atoms with Gasteiger partial charge in [0.25, 0.3) is 0 Å². The standard InChI is InChI=1S/C19H32N2/c1-15(2)21(14-18-10-11-18)13-17-8-6-16(7-9-17)12-20-19(3,4)5/h6-9,15,18,20H,10-14H2,1-5H3. The molecule has 0 saturated heterocycles. The summed E-state index contributed by atoms with van der Waals surface area (Å²) in [6.07, 6.45) is 2.86. The maximum atomic E-state index is 3.54. The molecule has 0 spiro atoms. The normalized spacial score (nSPS) is 16.0. The minimum atomic E-state index is 0.178. The van der Waals surface area contributed by atoms with E-state index in [-0.39, 0.29) is 5.54 Å². The van der Waals surface area contributed by atoms with Crippen LogP contribution in [0, 0.1) is 5.92 Å². The molecular formula is C19H32N2. The molecule has 1 aromatic rings. The molecule has 0 heterocycles. The summed E-state index contributed by atoms with van der Waals surface area (Å²) >= 11 is 0. The van der Waals surface area contributed by atoms with Gasteiger partial charge in [-0.3, -0.25) is 4.90 Å². The Labute approximate surface area is 130 Å². The third-order valence-electron chi connectivity index (χ3n) is 4.15. The predicted molar refractivity (Wildman–Crippen MR) is 91.3 cm³/mol. The Morgan fingerprint density at radius 1 is 1.10 bits per heavy atom. The zero-order valence-electron chi connectivity index (χ0n) is 14.4. The second-order valence-corrected chi connectivity index (χ2v) is 7.89. The van der Waals surface area contributed by atoms with E-state index in [1.165, 1.54) is 30.5 Å². The fourth-order valence-electron chi connectivity index (χ4n) is 2.45. The molecule has 1 aliphatic rings. The lowest BCUT2D eigenvalue weighted by Crippen LogP contribution is -2.35. The second-order valence-electron chi connectivity index (χ2n) is 7.89. The number of nitrogens with zero attached hydrogens (tertiary/aromatic N) is 1. The molecule has 1 aromatic carbocycles. The maximum Gasteiger partial charge on any atom is 0.0236 e. The van der Waals surface area contributed by atoms with Gasteiger partial charge in [0.15, 0.2) is 0 Å². The minimum Gasteiger partial charge on any atom is -0.308 e. The van der Waals surface area contributed by atoms with Crippen molar-refractivity contribution in [3.63, 3.8) is 0 Å². The van der Waals surface area contributed by atoms with Gasteiger partial charge in [-0.1, -0.05) is 24.3 Å². The summed E-state index contributed by atoms with van der Waals surface area (Å²) in [5.74, 6) is 0.961. The largest absolute Gasteiger partial charge is 0.308 e. The number of rotatable bonds is 7. The van der Waals surface area contributed by atoms with Crippen LogP contribution >= 0.6 is 0 Å². The molecule has 21 heavy (non-hydrogen) atoms. The molecule has 0 bridgehead atoms. The molecule has 1 saturated carbocycles. The van der Waals surface area contributed by atoms with Crippen LogP contribution in [0.1, 0.15) is 58.6 Å². The topological polar surface area (TPSA) is 15.3 Å². The molecule has 1 fully saturated rings. The van der Waals surface area contributed by atoms with Crippen LogP contribution in [0.25, 0.3) is 0 Å². The highest BCUT2D eigenvalue weighted by Crippen LogP contribution is 2.30. The van der Waals surface area contributed by atoms with Crippen LogP contribution in [-0.4, -0.2) is 23.0 Å². The van der Waals surface area contributed by atoms with E-state index in [0.717, 1.165) is 19.0 Å². The van der Waals surface area contributed by atoms with Crippen molar-refractivity contribution in [2.45, 2.75) is 72.1 Å². The molecule has 2 heteroatoms. The first-order chi connectivity index (χ1) is 9.83. The van der Waals surface area contributed by atoms with Crippen LogP contribution in [0.3, 0.4) is 0 Å². The average molecular weight is 288 g/mol. The summed E-state index contributed by atoms with van der Waals surface area (Å²) in [5, 5.41) is 3.54. The molecule has 118 valence electrons. The van der Waals surface area contributed by atoms with Gasteiger partial charge >= 0.3 is 0 Å². The van der Waals surface area contributed by atoms with E-state index in [0.29, 0.717) is 6.04 Å². The highest BCUT2D eigenvalue weighted by Gasteiger charge is 2.25. The van der Waals surface area contributed by atoms with Crippen LogP contribution in [0.2, 0.25) is 0 Å². The van der Waals surface area contributed by atoms with Gasteiger partial charge in [-0.15, -0.1) is 0 Å². The van der Waals surface area contributed by atoms with Crippen molar-refractivity contribution < 1.29 is 0 Å². The van der Waals surface area contributed by atoms with E-state index in [1.807, 2.05) is 0 Å². The Hall–Kier alpha value is -0.860.